The van der Waals surface area contributed by atoms with Gasteiger partial charge >= 0.3 is 0 Å². The van der Waals surface area contributed by atoms with Crippen molar-refractivity contribution in [2.24, 2.45) is 5.41 Å². The van der Waals surface area contributed by atoms with Gasteiger partial charge in [-0.2, -0.15) is 0 Å². The van der Waals surface area contributed by atoms with Crippen molar-refractivity contribution in [3.8, 4) is 0 Å². The highest BCUT2D eigenvalue weighted by atomic mass is 79.9. The van der Waals surface area contributed by atoms with Crippen LogP contribution < -0.4 is 0 Å². The van der Waals surface area contributed by atoms with Crippen molar-refractivity contribution in [3.63, 3.8) is 0 Å². The quantitative estimate of drug-likeness (QED) is 0.393. The van der Waals surface area contributed by atoms with Gasteiger partial charge in [0.25, 0.3) is 0 Å². The predicted octanol–water partition coefficient (Wildman–Crippen LogP) is 4.41. The molecule has 0 aromatic carbocycles. The van der Waals surface area contributed by atoms with Gasteiger partial charge in [-0.3, -0.25) is 0 Å². The summed E-state index contributed by atoms with van der Waals surface area (Å²) in [5.41, 5.74) is 0.442. The minimum atomic E-state index is 0.442. The van der Waals surface area contributed by atoms with E-state index in [9.17, 15) is 0 Å². The smallest absolute Gasteiger partial charge is 0.0487 e. The molecule has 0 fully saturated rings. The van der Waals surface area contributed by atoms with Crippen LogP contribution in [-0.2, 0) is 9.47 Å². The van der Waals surface area contributed by atoms with Crippen molar-refractivity contribution in [1.82, 2.24) is 0 Å². The van der Waals surface area contributed by atoms with Crippen molar-refractivity contribution < 1.29 is 9.47 Å². The normalized spacial score (nSPS) is 14.8. The molecule has 1 atom stereocenters. The van der Waals surface area contributed by atoms with Crippen LogP contribution in [0.1, 0.15) is 52.4 Å². The third-order valence-electron chi connectivity index (χ3n) is 3.51. The molecule has 0 aliphatic rings. The Morgan fingerprint density at radius 1 is 1.00 bits per heavy atom. The highest BCUT2D eigenvalue weighted by Gasteiger charge is 2.25. The lowest BCUT2D eigenvalue weighted by molar-refractivity contribution is 0.0771. The van der Waals surface area contributed by atoms with E-state index in [-0.39, 0.29) is 0 Å². The fraction of sp³-hybridized carbons (Fsp3) is 1.00. The molecule has 0 saturated carbocycles. The molecule has 0 aromatic heterocycles. The van der Waals surface area contributed by atoms with Crippen molar-refractivity contribution in [2.45, 2.75) is 52.4 Å². The minimum Gasteiger partial charge on any atom is -0.385 e. The lowest BCUT2D eigenvalue weighted by Gasteiger charge is -2.30. The fourth-order valence-corrected chi connectivity index (χ4v) is 2.91. The molecule has 0 aliphatic heterocycles. The molecule has 0 N–H and O–H groups in total. The van der Waals surface area contributed by atoms with Crippen LogP contribution in [0.25, 0.3) is 0 Å². The Morgan fingerprint density at radius 3 is 2.29 bits per heavy atom. The number of methoxy groups -OCH3 is 1. The molecule has 0 rings (SSSR count). The number of hydrogen-bond acceptors (Lipinski definition) is 2. The molecule has 1 unspecified atom stereocenters. The van der Waals surface area contributed by atoms with Crippen molar-refractivity contribution >= 4 is 15.9 Å². The number of unbranched alkanes of at least 4 members (excludes halogenated alkanes) is 1. The van der Waals surface area contributed by atoms with Gasteiger partial charge in [-0.25, -0.2) is 0 Å². The van der Waals surface area contributed by atoms with Crippen LogP contribution in [-0.4, -0.2) is 32.3 Å². The summed E-state index contributed by atoms with van der Waals surface area (Å²) in [6, 6.07) is 0. The Bertz CT molecular complexity index is 158. The van der Waals surface area contributed by atoms with Crippen LogP contribution in [0, 0.1) is 5.41 Å². The maximum Gasteiger partial charge on any atom is 0.0487 e. The van der Waals surface area contributed by atoms with Crippen LogP contribution in [0.3, 0.4) is 0 Å². The number of rotatable bonds is 12. The van der Waals surface area contributed by atoms with Gasteiger partial charge < -0.3 is 9.47 Å². The lowest BCUT2D eigenvalue weighted by Crippen LogP contribution is -2.24. The second-order valence-corrected chi connectivity index (χ2v) is 5.36. The summed E-state index contributed by atoms with van der Waals surface area (Å²) in [6.45, 7) is 7.06. The summed E-state index contributed by atoms with van der Waals surface area (Å²) in [5.74, 6) is 0. The summed E-state index contributed by atoms with van der Waals surface area (Å²) >= 11 is 3.68. The van der Waals surface area contributed by atoms with Crippen molar-refractivity contribution in [2.75, 3.05) is 32.3 Å². The highest BCUT2D eigenvalue weighted by molar-refractivity contribution is 9.09. The second kappa shape index (κ2) is 11.5. The van der Waals surface area contributed by atoms with Gasteiger partial charge in [0.1, 0.15) is 0 Å². The number of halogens is 1. The fourth-order valence-electron chi connectivity index (χ4n) is 1.95. The van der Waals surface area contributed by atoms with Gasteiger partial charge in [-0.1, -0.05) is 42.6 Å². The van der Waals surface area contributed by atoms with E-state index in [0.717, 1.165) is 31.6 Å². The zero-order valence-electron chi connectivity index (χ0n) is 11.8. The van der Waals surface area contributed by atoms with Gasteiger partial charge in [-0.15, -0.1) is 0 Å². The SMILES string of the molecule is CCCCC(CC)(CBr)CCOCCCOC. The zero-order chi connectivity index (χ0) is 13.0. The van der Waals surface area contributed by atoms with Crippen molar-refractivity contribution in [3.05, 3.63) is 0 Å². The third kappa shape index (κ3) is 8.17. The molecule has 0 radical (unpaired) electrons. The summed E-state index contributed by atoms with van der Waals surface area (Å²) < 4.78 is 10.7. The molecular formula is C14H29BrO2. The Labute approximate surface area is 116 Å². The van der Waals surface area contributed by atoms with E-state index < -0.39 is 0 Å². The molecule has 3 heteroatoms. The van der Waals surface area contributed by atoms with Gasteiger partial charge in [0.15, 0.2) is 0 Å². The second-order valence-electron chi connectivity index (χ2n) is 4.80. The first kappa shape index (κ1) is 17.4. The highest BCUT2D eigenvalue weighted by Crippen LogP contribution is 2.34. The van der Waals surface area contributed by atoms with E-state index >= 15 is 0 Å². The maximum atomic E-state index is 5.67. The Balaban J connectivity index is 3.75. The van der Waals surface area contributed by atoms with Gasteiger partial charge in [0, 0.05) is 32.3 Å². The number of hydrogen-bond donors (Lipinski definition) is 0. The van der Waals surface area contributed by atoms with E-state index in [1.54, 1.807) is 7.11 Å². The molecular weight excluding hydrogens is 280 g/mol. The third-order valence-corrected chi connectivity index (χ3v) is 4.70. The summed E-state index contributed by atoms with van der Waals surface area (Å²) in [7, 11) is 1.73. The molecule has 17 heavy (non-hydrogen) atoms. The molecule has 0 aliphatic carbocycles. The molecule has 0 bridgehead atoms. The Hall–Kier alpha value is 0.400. The molecule has 2 nitrogen and oxygen atoms in total. The first-order valence-electron chi connectivity index (χ1n) is 6.87. The predicted molar refractivity (Wildman–Crippen MR) is 78.0 cm³/mol. The molecule has 0 spiro atoms. The van der Waals surface area contributed by atoms with Crippen molar-refractivity contribution in [1.29, 1.82) is 0 Å². The number of alkyl halides is 1. The van der Waals surface area contributed by atoms with E-state index in [4.69, 9.17) is 9.47 Å². The first-order valence-corrected chi connectivity index (χ1v) is 7.99. The molecule has 0 aromatic rings. The summed E-state index contributed by atoms with van der Waals surface area (Å²) in [6.07, 6.45) is 7.32. The zero-order valence-corrected chi connectivity index (χ0v) is 13.4. The monoisotopic (exact) mass is 308 g/mol. The standard InChI is InChI=1S/C14H29BrO2/c1-4-6-8-14(5-2,13-15)9-12-17-11-7-10-16-3/h4-13H2,1-3H3. The van der Waals surface area contributed by atoms with E-state index in [1.807, 2.05) is 0 Å². The average molecular weight is 309 g/mol. The largest absolute Gasteiger partial charge is 0.385 e. The van der Waals surface area contributed by atoms with E-state index in [0.29, 0.717) is 5.41 Å². The van der Waals surface area contributed by atoms with Gasteiger partial charge in [0.05, 0.1) is 0 Å². The van der Waals surface area contributed by atoms with Crippen LogP contribution in [0.4, 0.5) is 0 Å². The topological polar surface area (TPSA) is 18.5 Å². The Kier molecular flexibility index (Phi) is 11.8. The molecule has 0 amide bonds. The summed E-state index contributed by atoms with van der Waals surface area (Å²) in [4.78, 5) is 0. The maximum absolute atomic E-state index is 5.67. The molecule has 0 heterocycles. The Morgan fingerprint density at radius 2 is 1.76 bits per heavy atom. The van der Waals surface area contributed by atoms with Crippen LogP contribution in [0.15, 0.2) is 0 Å². The average Bonchev–Trinajstić information content (AvgIpc) is 2.38. The number of ether oxygens (including phenoxy) is 2. The van der Waals surface area contributed by atoms with Gasteiger partial charge in [-0.05, 0) is 31.1 Å². The van der Waals surface area contributed by atoms with E-state index in [2.05, 4.69) is 29.8 Å². The first-order chi connectivity index (χ1) is 8.24. The van der Waals surface area contributed by atoms with Crippen LogP contribution in [0.5, 0.6) is 0 Å². The van der Waals surface area contributed by atoms with Crippen LogP contribution in [0.2, 0.25) is 0 Å². The molecule has 104 valence electrons. The summed E-state index contributed by atoms with van der Waals surface area (Å²) in [5, 5.41) is 1.10. The van der Waals surface area contributed by atoms with Crippen LogP contribution >= 0.6 is 15.9 Å². The molecule has 0 saturated heterocycles. The minimum absolute atomic E-state index is 0.442. The van der Waals surface area contributed by atoms with E-state index in [1.165, 1.54) is 32.1 Å². The van der Waals surface area contributed by atoms with Gasteiger partial charge in [0.2, 0.25) is 0 Å². The lowest BCUT2D eigenvalue weighted by atomic mass is 9.79.